The molecule has 0 aliphatic rings. The van der Waals surface area contributed by atoms with Gasteiger partial charge in [0.2, 0.25) is 5.89 Å². The topological polar surface area (TPSA) is 107 Å². The molecule has 0 spiro atoms. The van der Waals surface area contributed by atoms with Gasteiger partial charge in [-0.15, -0.1) is 0 Å². The summed E-state index contributed by atoms with van der Waals surface area (Å²) < 4.78 is 5.21. The van der Waals surface area contributed by atoms with Crippen LogP contribution in [0.4, 0.5) is 0 Å². The lowest BCUT2D eigenvalue weighted by molar-refractivity contribution is 0.350. The van der Waals surface area contributed by atoms with E-state index in [1.807, 2.05) is 12.1 Å². The SMILES string of the molecule is NC(Cc1cnc[nH]1)c1nc(Cc2ccncc2)no1. The molecule has 1 atom stereocenters. The third-order valence-corrected chi connectivity index (χ3v) is 2.91. The zero-order valence-electron chi connectivity index (χ0n) is 10.7. The summed E-state index contributed by atoms with van der Waals surface area (Å²) in [4.78, 5) is 15.2. The first kappa shape index (κ1) is 12.5. The third kappa shape index (κ3) is 2.89. The highest BCUT2D eigenvalue weighted by atomic mass is 16.5. The second-order valence-corrected chi connectivity index (χ2v) is 4.47. The Morgan fingerprint density at radius 3 is 2.85 bits per heavy atom. The molecule has 0 saturated heterocycles. The van der Waals surface area contributed by atoms with Gasteiger partial charge in [-0.2, -0.15) is 4.98 Å². The van der Waals surface area contributed by atoms with Crippen molar-refractivity contribution in [2.24, 2.45) is 5.73 Å². The smallest absolute Gasteiger partial charge is 0.243 e. The number of rotatable bonds is 5. The summed E-state index contributed by atoms with van der Waals surface area (Å²) in [6, 6.07) is 3.50. The molecular formula is C13H14N6O. The summed E-state index contributed by atoms with van der Waals surface area (Å²) in [5, 5.41) is 3.95. The summed E-state index contributed by atoms with van der Waals surface area (Å²) >= 11 is 0. The predicted molar refractivity (Wildman–Crippen MR) is 70.6 cm³/mol. The van der Waals surface area contributed by atoms with Crippen LogP contribution in [0.1, 0.15) is 29.0 Å². The lowest BCUT2D eigenvalue weighted by atomic mass is 10.2. The van der Waals surface area contributed by atoms with Crippen LogP contribution in [0.2, 0.25) is 0 Å². The zero-order chi connectivity index (χ0) is 13.8. The zero-order valence-corrected chi connectivity index (χ0v) is 10.7. The van der Waals surface area contributed by atoms with Crippen LogP contribution >= 0.6 is 0 Å². The van der Waals surface area contributed by atoms with E-state index in [-0.39, 0.29) is 6.04 Å². The lowest BCUT2D eigenvalue weighted by Gasteiger charge is -2.03. The second kappa shape index (κ2) is 5.62. The van der Waals surface area contributed by atoms with Crippen LogP contribution in [0.5, 0.6) is 0 Å². The molecule has 0 fully saturated rings. The van der Waals surface area contributed by atoms with Gasteiger partial charge in [0.05, 0.1) is 12.4 Å². The molecule has 3 aromatic rings. The number of nitrogens with two attached hydrogens (primary N) is 1. The van der Waals surface area contributed by atoms with E-state index < -0.39 is 0 Å². The molecule has 0 aliphatic carbocycles. The van der Waals surface area contributed by atoms with Crippen LogP contribution in [0.25, 0.3) is 0 Å². The summed E-state index contributed by atoms with van der Waals surface area (Å²) in [5.41, 5.74) is 8.05. The van der Waals surface area contributed by atoms with E-state index in [1.165, 1.54) is 0 Å². The summed E-state index contributed by atoms with van der Waals surface area (Å²) in [7, 11) is 0. The number of pyridine rings is 1. The van der Waals surface area contributed by atoms with Gasteiger partial charge < -0.3 is 15.2 Å². The Bertz CT molecular complexity index is 649. The van der Waals surface area contributed by atoms with E-state index in [4.69, 9.17) is 10.3 Å². The molecular weight excluding hydrogens is 256 g/mol. The van der Waals surface area contributed by atoms with Gasteiger partial charge in [-0.25, -0.2) is 4.98 Å². The number of aromatic nitrogens is 5. The average Bonchev–Trinajstić information content (AvgIpc) is 3.11. The first-order valence-electron chi connectivity index (χ1n) is 6.25. The molecule has 0 amide bonds. The molecule has 7 nitrogen and oxygen atoms in total. The highest BCUT2D eigenvalue weighted by Gasteiger charge is 2.16. The van der Waals surface area contributed by atoms with Crippen molar-refractivity contribution in [3.63, 3.8) is 0 Å². The van der Waals surface area contributed by atoms with Crippen LogP contribution in [-0.4, -0.2) is 25.1 Å². The molecule has 0 saturated carbocycles. The summed E-state index contributed by atoms with van der Waals surface area (Å²) in [6.07, 6.45) is 8.00. The highest BCUT2D eigenvalue weighted by molar-refractivity contribution is 5.15. The molecule has 3 N–H and O–H groups in total. The number of hydrogen-bond donors (Lipinski definition) is 2. The number of nitrogens with one attached hydrogen (secondary N) is 1. The first-order chi connectivity index (χ1) is 9.81. The van der Waals surface area contributed by atoms with Gasteiger partial charge in [0, 0.05) is 37.1 Å². The average molecular weight is 270 g/mol. The Hall–Kier alpha value is -2.54. The van der Waals surface area contributed by atoms with Crippen molar-refractivity contribution < 1.29 is 4.52 Å². The minimum absolute atomic E-state index is 0.339. The van der Waals surface area contributed by atoms with Gasteiger partial charge in [0.1, 0.15) is 0 Å². The first-order valence-corrected chi connectivity index (χ1v) is 6.25. The Labute approximate surface area is 115 Å². The van der Waals surface area contributed by atoms with E-state index >= 15 is 0 Å². The maximum absolute atomic E-state index is 6.04. The normalized spacial score (nSPS) is 12.4. The fourth-order valence-corrected chi connectivity index (χ4v) is 1.89. The van der Waals surface area contributed by atoms with Gasteiger partial charge in [0.15, 0.2) is 5.82 Å². The molecule has 1 unspecified atom stereocenters. The highest BCUT2D eigenvalue weighted by Crippen LogP contribution is 2.14. The number of H-pyrrole nitrogens is 1. The maximum Gasteiger partial charge on any atom is 0.243 e. The largest absolute Gasteiger partial charge is 0.348 e. The Kier molecular flexibility index (Phi) is 3.51. The molecule has 0 aromatic carbocycles. The van der Waals surface area contributed by atoms with Crippen LogP contribution in [0.15, 0.2) is 41.6 Å². The van der Waals surface area contributed by atoms with Crippen LogP contribution in [0.3, 0.4) is 0 Å². The van der Waals surface area contributed by atoms with Crippen LogP contribution in [0, 0.1) is 0 Å². The number of aromatic amines is 1. The maximum atomic E-state index is 6.04. The molecule has 0 bridgehead atoms. The van der Waals surface area contributed by atoms with Crippen molar-refractivity contribution in [1.29, 1.82) is 0 Å². The van der Waals surface area contributed by atoms with E-state index in [1.54, 1.807) is 24.9 Å². The second-order valence-electron chi connectivity index (χ2n) is 4.47. The molecule has 0 aliphatic heterocycles. The third-order valence-electron chi connectivity index (χ3n) is 2.91. The Balaban J connectivity index is 1.67. The molecule has 7 heteroatoms. The Morgan fingerprint density at radius 2 is 2.10 bits per heavy atom. The van der Waals surface area contributed by atoms with E-state index in [2.05, 4.69) is 25.1 Å². The van der Waals surface area contributed by atoms with Gasteiger partial charge in [0.25, 0.3) is 0 Å². The molecule has 20 heavy (non-hydrogen) atoms. The molecule has 3 rings (SSSR count). The lowest BCUT2D eigenvalue weighted by Crippen LogP contribution is -2.14. The van der Waals surface area contributed by atoms with Gasteiger partial charge in [-0.1, -0.05) is 5.16 Å². The molecule has 0 radical (unpaired) electrons. The van der Waals surface area contributed by atoms with E-state index in [9.17, 15) is 0 Å². The fourth-order valence-electron chi connectivity index (χ4n) is 1.89. The van der Waals surface area contributed by atoms with E-state index in [0.29, 0.717) is 24.6 Å². The monoisotopic (exact) mass is 270 g/mol. The fraction of sp³-hybridized carbons (Fsp3) is 0.231. The quantitative estimate of drug-likeness (QED) is 0.717. The van der Waals surface area contributed by atoms with Gasteiger partial charge >= 0.3 is 0 Å². The van der Waals surface area contributed by atoms with Crippen molar-refractivity contribution in [2.45, 2.75) is 18.9 Å². The molecule has 3 heterocycles. The minimum atomic E-state index is -0.339. The summed E-state index contributed by atoms with van der Waals surface area (Å²) in [5.74, 6) is 1.05. The van der Waals surface area contributed by atoms with E-state index in [0.717, 1.165) is 11.3 Å². The van der Waals surface area contributed by atoms with Crippen LogP contribution < -0.4 is 5.73 Å². The number of nitrogens with zero attached hydrogens (tertiary/aromatic N) is 4. The van der Waals surface area contributed by atoms with Gasteiger partial charge in [-0.3, -0.25) is 4.98 Å². The minimum Gasteiger partial charge on any atom is -0.348 e. The van der Waals surface area contributed by atoms with Crippen molar-refractivity contribution in [2.75, 3.05) is 0 Å². The van der Waals surface area contributed by atoms with Crippen molar-refractivity contribution in [1.82, 2.24) is 25.1 Å². The standard InChI is InChI=1S/C13H14N6O/c14-11(6-10-7-16-8-17-10)13-18-12(19-20-13)5-9-1-3-15-4-2-9/h1-4,7-8,11H,5-6,14H2,(H,16,17). The van der Waals surface area contributed by atoms with Gasteiger partial charge in [-0.05, 0) is 17.7 Å². The molecule has 102 valence electrons. The predicted octanol–water partition coefficient (Wildman–Crippen LogP) is 1.02. The number of imidazole rings is 1. The Morgan fingerprint density at radius 1 is 1.25 bits per heavy atom. The van der Waals surface area contributed by atoms with Crippen LogP contribution in [-0.2, 0) is 12.8 Å². The summed E-state index contributed by atoms with van der Waals surface area (Å²) in [6.45, 7) is 0. The van der Waals surface area contributed by atoms with Crippen molar-refractivity contribution in [3.05, 3.63) is 60.0 Å². The number of hydrogen-bond acceptors (Lipinski definition) is 6. The van der Waals surface area contributed by atoms with Crippen molar-refractivity contribution in [3.8, 4) is 0 Å². The van der Waals surface area contributed by atoms with Crippen molar-refractivity contribution >= 4 is 0 Å². The molecule has 3 aromatic heterocycles.